The molecule has 176 valence electrons. The first-order chi connectivity index (χ1) is 16.9. The largest absolute Gasteiger partial charge is 0.468 e. The van der Waals surface area contributed by atoms with Crippen LogP contribution in [0.25, 0.3) is 10.2 Å². The van der Waals surface area contributed by atoms with Crippen LogP contribution in [-0.2, 0) is 20.9 Å². The van der Waals surface area contributed by atoms with Crippen molar-refractivity contribution in [3.8, 4) is 0 Å². The highest BCUT2D eigenvalue weighted by atomic mass is 32.1. The number of thiazole rings is 1. The van der Waals surface area contributed by atoms with Gasteiger partial charge in [-0.25, -0.2) is 0 Å². The molecule has 9 heteroatoms. The van der Waals surface area contributed by atoms with Gasteiger partial charge in [0.25, 0.3) is 5.91 Å². The smallest absolute Gasteiger partial charge is 0.325 e. The highest BCUT2D eigenvalue weighted by Gasteiger charge is 2.14. The number of hydrogen-bond donors (Lipinski definition) is 1. The quantitative estimate of drug-likeness (QED) is 0.329. The molecule has 0 radical (unpaired) electrons. The molecule has 3 aromatic carbocycles. The fraction of sp³-hybridized carbons (Fsp3) is 0.115. The van der Waals surface area contributed by atoms with Gasteiger partial charge in [-0.05, 0) is 30.3 Å². The minimum Gasteiger partial charge on any atom is -0.468 e. The van der Waals surface area contributed by atoms with Gasteiger partial charge >= 0.3 is 5.97 Å². The van der Waals surface area contributed by atoms with Gasteiger partial charge < -0.3 is 14.6 Å². The summed E-state index contributed by atoms with van der Waals surface area (Å²) in [6.07, 6.45) is 0. The van der Waals surface area contributed by atoms with E-state index in [1.807, 2.05) is 6.07 Å². The number of nitrogens with zero attached hydrogens (tertiary/aromatic N) is 2. The molecule has 0 aliphatic heterocycles. The Balaban J connectivity index is 1.69. The number of benzene rings is 3. The molecule has 0 spiro atoms. The second kappa shape index (κ2) is 10.3. The molecule has 0 saturated carbocycles. The number of carbonyl (C=O) groups excluding carboxylic acids is 4. The maximum absolute atomic E-state index is 12.9. The zero-order valence-electron chi connectivity index (χ0n) is 19.0. The molecule has 4 aromatic rings. The summed E-state index contributed by atoms with van der Waals surface area (Å²) in [6.45, 7) is 1.28. The first-order valence-corrected chi connectivity index (χ1v) is 11.4. The molecule has 2 amide bonds. The molecule has 0 saturated heterocycles. The van der Waals surface area contributed by atoms with Crippen LogP contribution in [0.15, 0.2) is 77.8 Å². The molecule has 8 nitrogen and oxygen atoms in total. The molecule has 0 fully saturated rings. The maximum Gasteiger partial charge on any atom is 0.325 e. The van der Waals surface area contributed by atoms with E-state index >= 15 is 0 Å². The highest BCUT2D eigenvalue weighted by Crippen LogP contribution is 2.22. The molecule has 0 bridgehead atoms. The Morgan fingerprint density at radius 3 is 2.23 bits per heavy atom. The van der Waals surface area contributed by atoms with Crippen molar-refractivity contribution in [2.45, 2.75) is 13.5 Å². The number of nitrogens with one attached hydrogen (secondary N) is 1. The van der Waals surface area contributed by atoms with Crippen LogP contribution < -0.4 is 10.1 Å². The lowest BCUT2D eigenvalue weighted by molar-refractivity contribution is -0.141. The summed E-state index contributed by atoms with van der Waals surface area (Å²) in [4.78, 5) is 53.5. The average Bonchev–Trinajstić information content (AvgIpc) is 3.19. The van der Waals surface area contributed by atoms with Crippen LogP contribution in [0, 0.1) is 0 Å². The van der Waals surface area contributed by atoms with Crippen LogP contribution in [0.1, 0.15) is 33.2 Å². The lowest BCUT2D eigenvalue weighted by Crippen LogP contribution is -2.22. The summed E-state index contributed by atoms with van der Waals surface area (Å²) in [6, 6.07) is 20.4. The first-order valence-electron chi connectivity index (χ1n) is 10.6. The number of methoxy groups -OCH3 is 1. The van der Waals surface area contributed by atoms with Crippen LogP contribution in [0.2, 0.25) is 0 Å². The van der Waals surface area contributed by atoms with E-state index < -0.39 is 11.9 Å². The number of amides is 2. The summed E-state index contributed by atoms with van der Waals surface area (Å²) in [5, 5.41) is 2.71. The van der Waals surface area contributed by atoms with Gasteiger partial charge in [-0.1, -0.05) is 53.8 Å². The second-order valence-electron chi connectivity index (χ2n) is 7.60. The Kier molecular flexibility index (Phi) is 6.98. The first kappa shape index (κ1) is 23.8. The number of ether oxygens (including phenoxy) is 1. The van der Waals surface area contributed by atoms with Gasteiger partial charge in [-0.2, -0.15) is 4.99 Å². The van der Waals surface area contributed by atoms with E-state index in [1.165, 1.54) is 25.4 Å². The predicted octanol–water partition coefficient (Wildman–Crippen LogP) is 3.81. The Hall–Kier alpha value is -4.37. The van der Waals surface area contributed by atoms with Gasteiger partial charge in [0.2, 0.25) is 5.91 Å². The maximum atomic E-state index is 12.9. The normalized spacial score (nSPS) is 11.3. The van der Waals surface area contributed by atoms with Gasteiger partial charge in [0.15, 0.2) is 10.6 Å². The van der Waals surface area contributed by atoms with E-state index in [4.69, 9.17) is 4.74 Å². The van der Waals surface area contributed by atoms with Gasteiger partial charge in [0, 0.05) is 29.3 Å². The van der Waals surface area contributed by atoms with E-state index in [9.17, 15) is 19.2 Å². The predicted molar refractivity (Wildman–Crippen MR) is 132 cm³/mol. The standard InChI is InChI=1S/C26H21N3O5S/c1-16(30)27-20-12-13-21-22(14-20)35-26(29(21)15-23(31)34-2)28-25(33)19-10-8-18(9-11-19)24(32)17-6-4-3-5-7-17/h3-14H,15H2,1-2H3,(H,27,30). The van der Waals surface area contributed by atoms with Crippen molar-refractivity contribution in [1.82, 2.24) is 4.57 Å². The number of carbonyl (C=O) groups is 4. The lowest BCUT2D eigenvalue weighted by Gasteiger charge is -2.05. The minimum absolute atomic E-state index is 0.132. The third-order valence-corrected chi connectivity index (χ3v) is 6.19. The van der Waals surface area contributed by atoms with Crippen molar-refractivity contribution >= 4 is 50.8 Å². The molecule has 0 atom stereocenters. The van der Waals surface area contributed by atoms with Crippen molar-refractivity contribution in [1.29, 1.82) is 0 Å². The fourth-order valence-corrected chi connectivity index (χ4v) is 4.52. The van der Waals surface area contributed by atoms with Gasteiger partial charge in [0.1, 0.15) is 6.54 Å². The molecule has 35 heavy (non-hydrogen) atoms. The SMILES string of the molecule is COC(=O)Cn1c(=NC(=O)c2ccc(C(=O)c3ccccc3)cc2)sc2cc(NC(C)=O)ccc21. The van der Waals surface area contributed by atoms with E-state index in [0.717, 1.165) is 4.70 Å². The number of fused-ring (bicyclic) bond motifs is 1. The van der Waals surface area contributed by atoms with Crippen molar-refractivity contribution in [2.75, 3.05) is 12.4 Å². The number of anilines is 1. The Bertz CT molecular complexity index is 1500. The van der Waals surface area contributed by atoms with E-state index in [1.54, 1.807) is 71.3 Å². The topological polar surface area (TPSA) is 107 Å². The van der Waals surface area contributed by atoms with Crippen LogP contribution in [0.3, 0.4) is 0 Å². The number of rotatable bonds is 6. The van der Waals surface area contributed by atoms with E-state index in [0.29, 0.717) is 32.7 Å². The number of esters is 1. The minimum atomic E-state index is -0.518. The van der Waals surface area contributed by atoms with Gasteiger partial charge in [-0.3, -0.25) is 19.2 Å². The molecular formula is C26H21N3O5S. The molecule has 1 heterocycles. The van der Waals surface area contributed by atoms with Crippen molar-refractivity contribution in [2.24, 2.45) is 4.99 Å². The number of aromatic nitrogens is 1. The van der Waals surface area contributed by atoms with Crippen LogP contribution in [0.4, 0.5) is 5.69 Å². The molecule has 0 aliphatic rings. The van der Waals surface area contributed by atoms with Crippen LogP contribution in [-0.4, -0.2) is 35.2 Å². The zero-order chi connectivity index (χ0) is 24.9. The van der Waals surface area contributed by atoms with Crippen molar-refractivity contribution in [3.63, 3.8) is 0 Å². The highest BCUT2D eigenvalue weighted by molar-refractivity contribution is 7.16. The summed E-state index contributed by atoms with van der Waals surface area (Å²) < 4.78 is 7.12. The van der Waals surface area contributed by atoms with E-state index in [-0.39, 0.29) is 18.2 Å². The van der Waals surface area contributed by atoms with Crippen molar-refractivity contribution in [3.05, 3.63) is 94.3 Å². The fourth-order valence-electron chi connectivity index (χ4n) is 3.46. The third kappa shape index (κ3) is 5.42. The monoisotopic (exact) mass is 487 g/mol. The Labute approximate surface area is 204 Å². The summed E-state index contributed by atoms with van der Waals surface area (Å²) >= 11 is 1.21. The molecular weight excluding hydrogens is 466 g/mol. The van der Waals surface area contributed by atoms with Crippen LogP contribution in [0.5, 0.6) is 0 Å². The molecule has 4 rings (SSSR count). The summed E-state index contributed by atoms with van der Waals surface area (Å²) in [5.74, 6) is -1.36. The van der Waals surface area contributed by atoms with Gasteiger partial charge in [0.05, 0.1) is 17.3 Å². The molecule has 0 unspecified atom stereocenters. The summed E-state index contributed by atoms with van der Waals surface area (Å²) in [5.41, 5.74) is 2.58. The zero-order valence-corrected chi connectivity index (χ0v) is 19.8. The Morgan fingerprint density at radius 2 is 1.57 bits per heavy atom. The summed E-state index contributed by atoms with van der Waals surface area (Å²) in [7, 11) is 1.28. The van der Waals surface area contributed by atoms with E-state index in [2.05, 4.69) is 10.3 Å². The molecule has 0 aliphatic carbocycles. The average molecular weight is 488 g/mol. The van der Waals surface area contributed by atoms with Crippen LogP contribution >= 0.6 is 11.3 Å². The second-order valence-corrected chi connectivity index (χ2v) is 8.61. The van der Waals surface area contributed by atoms with Crippen molar-refractivity contribution < 1.29 is 23.9 Å². The van der Waals surface area contributed by atoms with Gasteiger partial charge in [-0.15, -0.1) is 0 Å². The third-order valence-electron chi connectivity index (χ3n) is 5.15. The molecule has 1 aromatic heterocycles. The molecule has 1 N–H and O–H groups in total. The lowest BCUT2D eigenvalue weighted by atomic mass is 10.0. The Morgan fingerprint density at radius 1 is 0.914 bits per heavy atom. The number of ketones is 1. The number of hydrogen-bond acceptors (Lipinski definition) is 6.